The molecule has 0 spiro atoms. The zero-order valence-electron chi connectivity index (χ0n) is 9.13. The van der Waals surface area contributed by atoms with E-state index in [0.29, 0.717) is 15.5 Å². The molecule has 3 nitrogen and oxygen atoms in total. The van der Waals surface area contributed by atoms with Crippen LogP contribution in [0.25, 0.3) is 0 Å². The van der Waals surface area contributed by atoms with Gasteiger partial charge < -0.3 is 5.11 Å². The summed E-state index contributed by atoms with van der Waals surface area (Å²) in [4.78, 5) is 11.8. The SMILES string of the molecule is O=C(O)c1sccc1CS(=O)c1ccc(Cl)cc1. The molecular weight excluding hydrogens is 292 g/mol. The molecule has 0 amide bonds. The molecule has 6 heteroatoms. The Bertz CT molecular complexity index is 590. The highest BCUT2D eigenvalue weighted by molar-refractivity contribution is 7.84. The molecule has 0 aliphatic carbocycles. The fraction of sp³-hybridized carbons (Fsp3) is 0.0833. The van der Waals surface area contributed by atoms with Crippen LogP contribution in [0, 0.1) is 0 Å². The van der Waals surface area contributed by atoms with Crippen molar-refractivity contribution in [3.63, 3.8) is 0 Å². The molecule has 1 aromatic heterocycles. The first-order chi connectivity index (χ1) is 8.58. The molecule has 1 unspecified atom stereocenters. The molecular formula is C12H9ClO3S2. The second-order valence-corrected chi connectivity index (χ2v) is 6.33. The smallest absolute Gasteiger partial charge is 0.346 e. The van der Waals surface area contributed by atoms with Crippen LogP contribution in [-0.2, 0) is 16.6 Å². The van der Waals surface area contributed by atoms with Gasteiger partial charge in [-0.15, -0.1) is 11.3 Å². The molecule has 2 rings (SSSR count). The zero-order valence-corrected chi connectivity index (χ0v) is 11.5. The van der Waals surface area contributed by atoms with Crippen molar-refractivity contribution in [1.29, 1.82) is 0 Å². The Hall–Kier alpha value is -1.17. The highest BCUT2D eigenvalue weighted by Gasteiger charge is 2.14. The van der Waals surface area contributed by atoms with Crippen molar-refractivity contribution in [2.75, 3.05) is 0 Å². The van der Waals surface area contributed by atoms with Gasteiger partial charge in [0.05, 0.1) is 16.6 Å². The Balaban J connectivity index is 2.19. The highest BCUT2D eigenvalue weighted by Crippen LogP contribution is 2.21. The standard InChI is InChI=1S/C12H9ClO3S2/c13-9-1-3-10(4-2-9)18(16)7-8-5-6-17-11(8)12(14)15/h1-6H,7H2,(H,14,15). The molecule has 0 radical (unpaired) electrons. The number of hydrogen-bond acceptors (Lipinski definition) is 3. The summed E-state index contributed by atoms with van der Waals surface area (Å²) in [6.45, 7) is 0. The van der Waals surface area contributed by atoms with Crippen molar-refractivity contribution in [2.45, 2.75) is 10.6 Å². The van der Waals surface area contributed by atoms with Crippen LogP contribution >= 0.6 is 22.9 Å². The van der Waals surface area contributed by atoms with Gasteiger partial charge in [-0.05, 0) is 41.3 Å². The minimum Gasteiger partial charge on any atom is -0.477 e. The predicted molar refractivity (Wildman–Crippen MR) is 72.8 cm³/mol. The molecule has 18 heavy (non-hydrogen) atoms. The molecule has 0 bridgehead atoms. The molecule has 94 valence electrons. The van der Waals surface area contributed by atoms with E-state index in [1.54, 1.807) is 35.7 Å². The van der Waals surface area contributed by atoms with Crippen molar-refractivity contribution in [3.8, 4) is 0 Å². The topological polar surface area (TPSA) is 54.4 Å². The van der Waals surface area contributed by atoms with E-state index in [4.69, 9.17) is 16.7 Å². The fourth-order valence-corrected chi connectivity index (χ4v) is 3.56. The van der Waals surface area contributed by atoms with Crippen LogP contribution in [0.1, 0.15) is 15.2 Å². The Labute approximate surface area is 115 Å². The van der Waals surface area contributed by atoms with Gasteiger partial charge in [-0.1, -0.05) is 11.6 Å². The van der Waals surface area contributed by atoms with E-state index in [0.717, 1.165) is 11.3 Å². The number of carboxylic acids is 1. The van der Waals surface area contributed by atoms with Gasteiger partial charge in [0.25, 0.3) is 0 Å². The number of rotatable bonds is 4. The maximum absolute atomic E-state index is 12.1. The molecule has 0 aliphatic rings. The lowest BCUT2D eigenvalue weighted by Gasteiger charge is -2.02. The summed E-state index contributed by atoms with van der Waals surface area (Å²) >= 11 is 6.89. The molecule has 1 aromatic carbocycles. The van der Waals surface area contributed by atoms with E-state index in [-0.39, 0.29) is 10.6 Å². The molecule has 0 saturated carbocycles. The van der Waals surface area contributed by atoms with Gasteiger partial charge in [-0.25, -0.2) is 4.79 Å². The van der Waals surface area contributed by atoms with E-state index < -0.39 is 16.8 Å². The van der Waals surface area contributed by atoms with E-state index >= 15 is 0 Å². The Morgan fingerprint density at radius 2 is 1.94 bits per heavy atom. The summed E-state index contributed by atoms with van der Waals surface area (Å²) in [5.41, 5.74) is 0.598. The molecule has 0 saturated heterocycles. The number of hydrogen-bond donors (Lipinski definition) is 1. The van der Waals surface area contributed by atoms with Gasteiger partial charge in [-0.2, -0.15) is 0 Å². The second kappa shape index (κ2) is 5.65. The number of thiophene rings is 1. The Kier molecular flexibility index (Phi) is 4.16. The average molecular weight is 301 g/mol. The van der Waals surface area contributed by atoms with Crippen molar-refractivity contribution in [3.05, 3.63) is 51.2 Å². The number of carbonyl (C=O) groups is 1. The van der Waals surface area contributed by atoms with Gasteiger partial charge in [0, 0.05) is 9.92 Å². The third-order valence-corrected chi connectivity index (χ3v) is 4.87. The minimum atomic E-state index is -1.26. The van der Waals surface area contributed by atoms with E-state index in [2.05, 4.69) is 0 Å². The quantitative estimate of drug-likeness (QED) is 0.941. The molecule has 0 fully saturated rings. The first-order valence-electron chi connectivity index (χ1n) is 5.01. The van der Waals surface area contributed by atoms with Gasteiger partial charge in [0.15, 0.2) is 0 Å². The molecule has 1 atom stereocenters. The summed E-state index contributed by atoms with van der Waals surface area (Å²) in [7, 11) is -1.26. The third kappa shape index (κ3) is 2.98. The Morgan fingerprint density at radius 1 is 1.28 bits per heavy atom. The number of benzene rings is 1. The Morgan fingerprint density at radius 3 is 2.56 bits per heavy atom. The van der Waals surface area contributed by atoms with Gasteiger partial charge in [-0.3, -0.25) is 4.21 Å². The van der Waals surface area contributed by atoms with Crippen molar-refractivity contribution >= 4 is 39.7 Å². The summed E-state index contributed by atoms with van der Waals surface area (Å²) in [6.07, 6.45) is 0. The average Bonchev–Trinajstić information content (AvgIpc) is 2.78. The first-order valence-corrected chi connectivity index (χ1v) is 7.59. The molecule has 1 heterocycles. The van der Waals surface area contributed by atoms with Crippen molar-refractivity contribution in [2.24, 2.45) is 0 Å². The number of aromatic carboxylic acids is 1. The highest BCUT2D eigenvalue weighted by atomic mass is 35.5. The van der Waals surface area contributed by atoms with Crippen LogP contribution in [0.5, 0.6) is 0 Å². The number of halogens is 1. The lowest BCUT2D eigenvalue weighted by molar-refractivity contribution is 0.0701. The molecule has 2 aromatic rings. The second-order valence-electron chi connectivity index (χ2n) is 3.52. The van der Waals surface area contributed by atoms with Crippen LogP contribution in [0.3, 0.4) is 0 Å². The van der Waals surface area contributed by atoms with Crippen LogP contribution in [-0.4, -0.2) is 15.3 Å². The normalized spacial score (nSPS) is 12.3. The van der Waals surface area contributed by atoms with E-state index in [1.807, 2.05) is 0 Å². The summed E-state index contributed by atoms with van der Waals surface area (Å²) < 4.78 is 12.1. The number of carboxylic acid groups (broad SMARTS) is 1. The fourth-order valence-electron chi connectivity index (χ4n) is 1.45. The van der Waals surface area contributed by atoms with Crippen LogP contribution < -0.4 is 0 Å². The summed E-state index contributed by atoms with van der Waals surface area (Å²) in [6, 6.07) is 8.40. The van der Waals surface area contributed by atoms with Crippen LogP contribution in [0.2, 0.25) is 5.02 Å². The lowest BCUT2D eigenvalue weighted by Crippen LogP contribution is -2.01. The third-order valence-electron chi connectivity index (χ3n) is 2.30. The largest absolute Gasteiger partial charge is 0.477 e. The maximum Gasteiger partial charge on any atom is 0.346 e. The van der Waals surface area contributed by atoms with Gasteiger partial charge in [0.2, 0.25) is 0 Å². The lowest BCUT2D eigenvalue weighted by atomic mass is 10.3. The van der Waals surface area contributed by atoms with Gasteiger partial charge >= 0.3 is 5.97 Å². The van der Waals surface area contributed by atoms with E-state index in [1.165, 1.54) is 0 Å². The van der Waals surface area contributed by atoms with Crippen LogP contribution in [0.15, 0.2) is 40.6 Å². The van der Waals surface area contributed by atoms with Crippen molar-refractivity contribution in [1.82, 2.24) is 0 Å². The molecule has 0 aliphatic heterocycles. The predicted octanol–water partition coefficient (Wildman–Crippen LogP) is 3.41. The summed E-state index contributed by atoms with van der Waals surface area (Å²) in [5, 5.41) is 11.2. The van der Waals surface area contributed by atoms with Crippen molar-refractivity contribution < 1.29 is 14.1 Å². The van der Waals surface area contributed by atoms with Crippen LogP contribution in [0.4, 0.5) is 0 Å². The van der Waals surface area contributed by atoms with Gasteiger partial charge in [0.1, 0.15) is 4.88 Å². The summed E-state index contributed by atoms with van der Waals surface area (Å²) in [5.74, 6) is -0.777. The molecule has 1 N–H and O–H groups in total. The maximum atomic E-state index is 12.1. The van der Waals surface area contributed by atoms with E-state index in [9.17, 15) is 9.00 Å². The minimum absolute atomic E-state index is 0.201. The zero-order chi connectivity index (χ0) is 13.1. The monoisotopic (exact) mass is 300 g/mol. The first kappa shape index (κ1) is 13.3.